The molecule has 0 fully saturated rings. The average Bonchev–Trinajstić information content (AvgIpc) is 2.86. The molecule has 0 aliphatic carbocycles. The predicted molar refractivity (Wildman–Crippen MR) is 89.0 cm³/mol. The van der Waals surface area contributed by atoms with Crippen LogP contribution in [0, 0.1) is 0 Å². The number of hydrogen-bond donors (Lipinski definition) is 2. The normalized spacial score (nSPS) is 10.8. The van der Waals surface area contributed by atoms with Crippen molar-refractivity contribution in [1.82, 2.24) is 14.5 Å². The average molecular weight is 376 g/mol. The van der Waals surface area contributed by atoms with Gasteiger partial charge in [-0.05, 0) is 0 Å². The molecule has 0 aliphatic heterocycles. The molecule has 0 unspecified atom stereocenters. The Labute approximate surface area is 138 Å². The van der Waals surface area contributed by atoms with E-state index in [2.05, 4.69) is 9.97 Å². The number of carbonyl (C=O) groups is 1. The molecule has 1 amide bonds. The number of methoxy groups -OCH3 is 1. The fourth-order valence-corrected chi connectivity index (χ4v) is 3.80. The Hall–Kier alpha value is -2.57. The third kappa shape index (κ3) is 3.13. The van der Waals surface area contributed by atoms with Gasteiger partial charge >= 0.3 is 138 Å². The van der Waals surface area contributed by atoms with Gasteiger partial charge in [0.2, 0.25) is 0 Å². The quantitative estimate of drug-likeness (QED) is 0.630. The van der Waals surface area contributed by atoms with Crippen LogP contribution in [-0.2, 0) is 6.54 Å². The van der Waals surface area contributed by atoms with Gasteiger partial charge < -0.3 is 0 Å². The van der Waals surface area contributed by atoms with Crippen molar-refractivity contribution in [2.24, 2.45) is 5.73 Å². The maximum atomic E-state index is 11.3. The fourth-order valence-electron chi connectivity index (χ4n) is 2.34. The van der Waals surface area contributed by atoms with Crippen molar-refractivity contribution < 1.29 is 9.53 Å². The summed E-state index contributed by atoms with van der Waals surface area (Å²) in [6, 6.07) is 7.76. The van der Waals surface area contributed by atoms with Crippen molar-refractivity contribution >= 4 is 41.1 Å². The second kappa shape index (κ2) is 6.27. The Bertz CT molecular complexity index is 860. The summed E-state index contributed by atoms with van der Waals surface area (Å²) in [5, 5.41) is 0.708. The molecule has 118 valence electrons. The topological polar surface area (TPSA) is 109 Å². The van der Waals surface area contributed by atoms with Crippen LogP contribution >= 0.6 is 0 Å². The molecule has 2 heterocycles. The van der Waals surface area contributed by atoms with E-state index >= 15 is 0 Å². The predicted octanol–water partition coefficient (Wildman–Crippen LogP) is 0.479. The fraction of sp³-hybridized carbons (Fsp3) is 0.133. The monoisotopic (exact) mass is 377 g/mol. The van der Waals surface area contributed by atoms with Gasteiger partial charge in [0.1, 0.15) is 0 Å². The summed E-state index contributed by atoms with van der Waals surface area (Å²) in [6.45, 7) is 0.603. The van der Waals surface area contributed by atoms with E-state index in [1.54, 1.807) is 7.11 Å². The third-order valence-electron chi connectivity index (χ3n) is 3.37. The first-order valence-corrected chi connectivity index (χ1v) is 8.49. The van der Waals surface area contributed by atoms with Gasteiger partial charge in [-0.1, -0.05) is 0 Å². The molecule has 0 radical (unpaired) electrons. The van der Waals surface area contributed by atoms with E-state index in [0.717, 1.165) is 15.8 Å². The second-order valence-electron chi connectivity index (χ2n) is 4.85. The summed E-state index contributed by atoms with van der Waals surface area (Å²) in [5.41, 5.74) is 13.1. The Morgan fingerprint density at radius 1 is 1.30 bits per heavy atom. The molecule has 3 aromatic rings. The molecule has 4 N–H and O–H groups in total. The number of fused-ring (bicyclic) bond motifs is 1. The van der Waals surface area contributed by atoms with E-state index in [4.69, 9.17) is 16.2 Å². The van der Waals surface area contributed by atoms with Crippen molar-refractivity contribution in [3.05, 3.63) is 42.4 Å². The minimum atomic E-state index is -0.512. The van der Waals surface area contributed by atoms with Crippen molar-refractivity contribution in [1.29, 1.82) is 0 Å². The molecule has 8 heteroatoms. The minimum absolute atomic E-state index is 0.357. The molecule has 3 rings (SSSR count). The summed E-state index contributed by atoms with van der Waals surface area (Å²) >= 11 is -0.512. The van der Waals surface area contributed by atoms with Crippen LogP contribution in [0.1, 0.15) is 5.56 Å². The molecule has 1 aromatic carbocycles. The van der Waals surface area contributed by atoms with Crippen LogP contribution in [-0.4, -0.2) is 41.4 Å². The molecule has 2 aromatic heterocycles. The molecule has 0 saturated carbocycles. The SMILES string of the molecule is COc1ccc(Cn2cc([Se]C(N)=O)c3c(N)ncnc32)cc1. The molecule has 0 saturated heterocycles. The number of carbonyl (C=O) groups excluding carboxylic acids is 1. The number of ether oxygens (including phenoxy) is 1. The Kier molecular flexibility index (Phi) is 4.18. The Morgan fingerprint density at radius 2 is 2.04 bits per heavy atom. The number of rotatable bonds is 5. The third-order valence-corrected chi connectivity index (χ3v) is 4.90. The maximum absolute atomic E-state index is 11.3. The van der Waals surface area contributed by atoms with Gasteiger partial charge in [-0.2, -0.15) is 0 Å². The van der Waals surface area contributed by atoms with E-state index in [1.807, 2.05) is 35.0 Å². The van der Waals surface area contributed by atoms with Gasteiger partial charge in [-0.15, -0.1) is 0 Å². The Morgan fingerprint density at radius 3 is 2.70 bits per heavy atom. The summed E-state index contributed by atoms with van der Waals surface area (Å²) in [6.07, 6.45) is 3.30. The van der Waals surface area contributed by atoms with E-state index in [1.165, 1.54) is 6.33 Å². The van der Waals surface area contributed by atoms with Crippen LogP contribution in [0.25, 0.3) is 11.0 Å². The van der Waals surface area contributed by atoms with Crippen LogP contribution in [0.15, 0.2) is 36.8 Å². The summed E-state index contributed by atoms with van der Waals surface area (Å²) in [7, 11) is 1.63. The van der Waals surface area contributed by atoms with Gasteiger partial charge in [0.25, 0.3) is 0 Å². The van der Waals surface area contributed by atoms with E-state index in [9.17, 15) is 4.79 Å². The van der Waals surface area contributed by atoms with Crippen molar-refractivity contribution in [2.45, 2.75) is 6.54 Å². The van der Waals surface area contributed by atoms with Crippen LogP contribution < -0.4 is 20.7 Å². The number of nitrogen functional groups attached to an aromatic ring is 1. The number of nitrogens with two attached hydrogens (primary N) is 2. The van der Waals surface area contributed by atoms with Crippen LogP contribution in [0.3, 0.4) is 0 Å². The second-order valence-corrected chi connectivity index (χ2v) is 7.04. The Balaban J connectivity index is 2.02. The summed E-state index contributed by atoms with van der Waals surface area (Å²) < 4.78 is 7.91. The van der Waals surface area contributed by atoms with Crippen molar-refractivity contribution in [2.75, 3.05) is 12.8 Å². The molecule has 0 spiro atoms. The number of nitrogens with zero attached hydrogens (tertiary/aromatic N) is 3. The number of benzene rings is 1. The number of aromatic nitrogens is 3. The molecule has 7 nitrogen and oxygen atoms in total. The van der Waals surface area contributed by atoms with Crippen LogP contribution in [0.4, 0.5) is 10.6 Å². The van der Waals surface area contributed by atoms with E-state index in [0.29, 0.717) is 23.4 Å². The van der Waals surface area contributed by atoms with Crippen LogP contribution in [0.5, 0.6) is 5.75 Å². The zero-order chi connectivity index (χ0) is 16.4. The van der Waals surface area contributed by atoms with Crippen molar-refractivity contribution in [3.63, 3.8) is 0 Å². The summed E-state index contributed by atoms with van der Waals surface area (Å²) in [5.74, 6) is 1.16. The van der Waals surface area contributed by atoms with Gasteiger partial charge in [-0.3, -0.25) is 0 Å². The number of primary amides is 1. The molecule has 0 aliphatic rings. The molecule has 23 heavy (non-hydrogen) atoms. The first kappa shape index (κ1) is 15.3. The molecular formula is C15H15N5O2Se. The van der Waals surface area contributed by atoms with E-state index < -0.39 is 15.0 Å². The molecular weight excluding hydrogens is 361 g/mol. The first-order valence-electron chi connectivity index (χ1n) is 6.78. The van der Waals surface area contributed by atoms with Crippen molar-refractivity contribution in [3.8, 4) is 5.75 Å². The number of anilines is 1. The summed E-state index contributed by atoms with van der Waals surface area (Å²) in [4.78, 5) is 19.3. The first-order chi connectivity index (χ1) is 11.1. The van der Waals surface area contributed by atoms with Crippen LogP contribution in [0.2, 0.25) is 0 Å². The number of hydrogen-bond acceptors (Lipinski definition) is 5. The molecule has 0 bridgehead atoms. The zero-order valence-electron chi connectivity index (χ0n) is 12.4. The zero-order valence-corrected chi connectivity index (χ0v) is 14.1. The van der Waals surface area contributed by atoms with E-state index in [-0.39, 0.29) is 4.81 Å². The van der Waals surface area contributed by atoms with Gasteiger partial charge in [0.05, 0.1) is 0 Å². The van der Waals surface area contributed by atoms with Gasteiger partial charge in [-0.25, -0.2) is 0 Å². The standard InChI is InChI=1S/C15H15N5O2Se/c1-22-10-4-2-9(3-5-10)6-20-7-11(23-15(17)21)12-13(16)18-8-19-14(12)20/h2-5,7-8H,6H2,1H3,(H2,17,21)(H2,16,18,19). The number of amides is 1. The van der Waals surface area contributed by atoms with Gasteiger partial charge in [0, 0.05) is 0 Å². The van der Waals surface area contributed by atoms with Gasteiger partial charge in [0.15, 0.2) is 0 Å². The molecule has 0 atom stereocenters.